The number of hydrogen-bond donors (Lipinski definition) is 2. The number of amides is 2. The molecule has 1 heterocycles. The van der Waals surface area contributed by atoms with Gasteiger partial charge in [0.2, 0.25) is 0 Å². The van der Waals surface area contributed by atoms with E-state index in [9.17, 15) is 14.4 Å². The van der Waals surface area contributed by atoms with Crippen molar-refractivity contribution in [3.63, 3.8) is 0 Å². The molecule has 1 aliphatic heterocycles. The monoisotopic (exact) mass is 262 g/mol. The highest BCUT2D eigenvalue weighted by Crippen LogP contribution is 2.06. The zero-order chi connectivity index (χ0) is 13.7. The van der Waals surface area contributed by atoms with Gasteiger partial charge in [0.05, 0.1) is 0 Å². The van der Waals surface area contributed by atoms with Gasteiger partial charge in [0.15, 0.2) is 0 Å². The molecule has 0 radical (unpaired) electrons. The zero-order valence-corrected chi connectivity index (χ0v) is 10.2. The van der Waals surface area contributed by atoms with Crippen molar-refractivity contribution in [1.82, 2.24) is 10.6 Å². The minimum Gasteiger partial charge on any atom is -0.375 e. The van der Waals surface area contributed by atoms with E-state index >= 15 is 0 Å². The molecule has 2 rings (SSSR count). The highest BCUT2D eigenvalue weighted by Gasteiger charge is 2.31. The molecule has 1 fully saturated rings. The van der Waals surface area contributed by atoms with E-state index in [-0.39, 0.29) is 5.91 Å². The Hall–Kier alpha value is -2.37. The van der Waals surface area contributed by atoms with Gasteiger partial charge in [-0.15, -0.1) is 0 Å². The van der Waals surface area contributed by atoms with Crippen LogP contribution in [0.3, 0.4) is 0 Å². The first kappa shape index (κ1) is 13.1. The zero-order valence-electron chi connectivity index (χ0n) is 10.2. The summed E-state index contributed by atoms with van der Waals surface area (Å²) in [7, 11) is 0. The smallest absolute Gasteiger partial charge is 0.375 e. The SMILES string of the molecule is O=C1N[C@@H](CCCNC(=O)c2ccccc2)C(=O)O1. The number of rotatable bonds is 5. The number of nitrogens with one attached hydrogen (secondary N) is 2. The minimum absolute atomic E-state index is 0.154. The molecule has 2 N–H and O–H groups in total. The molecule has 6 heteroatoms. The van der Waals surface area contributed by atoms with E-state index in [1.165, 1.54) is 0 Å². The quantitative estimate of drug-likeness (QED) is 0.467. The summed E-state index contributed by atoms with van der Waals surface area (Å²) in [5.74, 6) is -0.710. The van der Waals surface area contributed by atoms with Gasteiger partial charge in [0.1, 0.15) is 6.04 Å². The van der Waals surface area contributed by atoms with Crippen molar-refractivity contribution in [3.8, 4) is 0 Å². The molecule has 6 nitrogen and oxygen atoms in total. The van der Waals surface area contributed by atoms with Crippen LogP contribution in [0.1, 0.15) is 23.2 Å². The normalized spacial score (nSPS) is 17.8. The molecule has 0 bridgehead atoms. The molecule has 100 valence electrons. The standard InChI is InChI=1S/C13H14N2O4/c16-11(9-5-2-1-3-6-9)14-8-4-7-10-12(17)19-13(18)15-10/h1-3,5-6,10H,4,7-8H2,(H,14,16)(H,15,18)/t10-/m0/s1. The van der Waals surface area contributed by atoms with Crippen LogP contribution in [-0.4, -0.2) is 30.6 Å². The van der Waals surface area contributed by atoms with Crippen molar-refractivity contribution in [2.24, 2.45) is 0 Å². The van der Waals surface area contributed by atoms with Gasteiger partial charge in [0.25, 0.3) is 5.91 Å². The van der Waals surface area contributed by atoms with Crippen molar-refractivity contribution in [2.45, 2.75) is 18.9 Å². The second-order valence-electron chi connectivity index (χ2n) is 4.17. The first-order chi connectivity index (χ1) is 9.16. The molecule has 0 aromatic heterocycles. The summed E-state index contributed by atoms with van der Waals surface area (Å²) in [4.78, 5) is 33.6. The third kappa shape index (κ3) is 3.54. The number of carbonyl (C=O) groups is 3. The highest BCUT2D eigenvalue weighted by molar-refractivity contribution is 5.95. The van der Waals surface area contributed by atoms with Gasteiger partial charge in [-0.05, 0) is 25.0 Å². The number of hydrogen-bond acceptors (Lipinski definition) is 4. The van der Waals surface area contributed by atoms with E-state index in [1.54, 1.807) is 24.3 Å². The first-order valence-electron chi connectivity index (χ1n) is 6.02. The number of esters is 1. The van der Waals surface area contributed by atoms with Crippen molar-refractivity contribution in [1.29, 1.82) is 0 Å². The average molecular weight is 262 g/mol. The van der Waals surface area contributed by atoms with Crippen LogP contribution in [0, 0.1) is 0 Å². The number of benzene rings is 1. The van der Waals surface area contributed by atoms with E-state index in [2.05, 4.69) is 15.4 Å². The fourth-order valence-corrected chi connectivity index (χ4v) is 1.78. The first-order valence-corrected chi connectivity index (χ1v) is 6.02. The fourth-order valence-electron chi connectivity index (χ4n) is 1.78. The second kappa shape index (κ2) is 5.99. The summed E-state index contributed by atoms with van der Waals surface area (Å²) in [5, 5.41) is 5.15. The Labute approximate surface area is 110 Å². The van der Waals surface area contributed by atoms with Crippen LogP contribution in [0.2, 0.25) is 0 Å². The Morgan fingerprint density at radius 3 is 2.63 bits per heavy atom. The molecule has 1 atom stereocenters. The predicted molar refractivity (Wildman–Crippen MR) is 66.4 cm³/mol. The molecular weight excluding hydrogens is 248 g/mol. The molecule has 0 aliphatic carbocycles. The van der Waals surface area contributed by atoms with Crippen LogP contribution >= 0.6 is 0 Å². The lowest BCUT2D eigenvalue weighted by atomic mass is 10.1. The number of ether oxygens (including phenoxy) is 1. The van der Waals surface area contributed by atoms with Crippen LogP contribution in [-0.2, 0) is 9.53 Å². The van der Waals surface area contributed by atoms with Crippen LogP contribution < -0.4 is 10.6 Å². The van der Waals surface area contributed by atoms with Gasteiger partial charge in [-0.25, -0.2) is 9.59 Å². The number of cyclic esters (lactones) is 2. The van der Waals surface area contributed by atoms with E-state index in [0.717, 1.165) is 0 Å². The summed E-state index contributed by atoms with van der Waals surface area (Å²) in [6.07, 6.45) is 0.321. The molecule has 1 aromatic carbocycles. The van der Waals surface area contributed by atoms with Gasteiger partial charge in [-0.1, -0.05) is 18.2 Å². The summed E-state index contributed by atoms with van der Waals surface area (Å²) in [6, 6.07) is 8.28. The molecule has 1 saturated heterocycles. The average Bonchev–Trinajstić information content (AvgIpc) is 2.74. The highest BCUT2D eigenvalue weighted by atomic mass is 16.6. The Bertz CT molecular complexity index is 487. The Morgan fingerprint density at radius 2 is 2.00 bits per heavy atom. The summed E-state index contributed by atoms with van der Waals surface area (Å²) >= 11 is 0. The minimum atomic E-state index is -0.705. The largest absolute Gasteiger partial charge is 0.415 e. The molecule has 1 aromatic rings. The van der Waals surface area contributed by atoms with Gasteiger partial charge in [0, 0.05) is 12.1 Å². The summed E-state index contributed by atoms with van der Waals surface area (Å²) in [6.45, 7) is 0.438. The van der Waals surface area contributed by atoms with Gasteiger partial charge in [-0.3, -0.25) is 4.79 Å². The van der Waals surface area contributed by atoms with Crippen LogP contribution in [0.15, 0.2) is 30.3 Å². The van der Waals surface area contributed by atoms with Crippen LogP contribution in [0.25, 0.3) is 0 Å². The summed E-state index contributed by atoms with van der Waals surface area (Å²) in [5.41, 5.74) is 0.594. The lowest BCUT2D eigenvalue weighted by Crippen LogP contribution is -2.31. The third-order valence-electron chi connectivity index (χ3n) is 2.76. The van der Waals surface area contributed by atoms with Crippen molar-refractivity contribution < 1.29 is 19.1 Å². The summed E-state index contributed by atoms with van der Waals surface area (Å²) < 4.78 is 4.34. The van der Waals surface area contributed by atoms with Gasteiger partial charge >= 0.3 is 12.1 Å². The maximum absolute atomic E-state index is 11.7. The van der Waals surface area contributed by atoms with E-state index in [1.807, 2.05) is 6.07 Å². The Kier molecular flexibility index (Phi) is 4.12. The Balaban J connectivity index is 1.69. The number of alkyl carbamates (subject to hydrolysis) is 1. The Morgan fingerprint density at radius 1 is 1.26 bits per heavy atom. The maximum atomic E-state index is 11.7. The lowest BCUT2D eigenvalue weighted by Gasteiger charge is -2.07. The predicted octanol–water partition coefficient (Wildman–Crippen LogP) is 0.832. The van der Waals surface area contributed by atoms with Crippen molar-refractivity contribution >= 4 is 18.0 Å². The van der Waals surface area contributed by atoms with Crippen LogP contribution in [0.4, 0.5) is 4.79 Å². The molecule has 2 amide bonds. The topological polar surface area (TPSA) is 84.5 Å². The van der Waals surface area contributed by atoms with Gasteiger partial charge in [-0.2, -0.15) is 0 Å². The lowest BCUT2D eigenvalue weighted by molar-refractivity contribution is -0.135. The second-order valence-corrected chi connectivity index (χ2v) is 4.17. The van der Waals surface area contributed by atoms with Gasteiger partial charge < -0.3 is 15.4 Å². The van der Waals surface area contributed by atoms with E-state index in [4.69, 9.17) is 0 Å². The van der Waals surface area contributed by atoms with E-state index < -0.39 is 18.1 Å². The molecule has 0 saturated carbocycles. The van der Waals surface area contributed by atoms with E-state index in [0.29, 0.717) is 24.9 Å². The maximum Gasteiger partial charge on any atom is 0.415 e. The van der Waals surface area contributed by atoms with Crippen LogP contribution in [0.5, 0.6) is 0 Å². The fraction of sp³-hybridized carbons (Fsp3) is 0.308. The molecule has 1 aliphatic rings. The molecule has 0 spiro atoms. The number of carbonyl (C=O) groups excluding carboxylic acids is 3. The molecular formula is C13H14N2O4. The molecule has 19 heavy (non-hydrogen) atoms. The van der Waals surface area contributed by atoms with Crippen molar-refractivity contribution in [3.05, 3.63) is 35.9 Å². The third-order valence-corrected chi connectivity index (χ3v) is 2.76. The molecule has 0 unspecified atom stereocenters. The van der Waals surface area contributed by atoms with Crippen molar-refractivity contribution in [2.75, 3.05) is 6.54 Å².